The number of hydrogen-bond acceptors (Lipinski definition) is 4. The molecule has 0 aliphatic heterocycles. The molecule has 6 nitrogen and oxygen atoms in total. The van der Waals surface area contributed by atoms with Crippen LogP contribution < -0.4 is 5.73 Å². The molecule has 0 saturated carbocycles. The third-order valence-corrected chi connectivity index (χ3v) is 5.14. The van der Waals surface area contributed by atoms with E-state index in [1.807, 2.05) is 25.1 Å². The van der Waals surface area contributed by atoms with Crippen molar-refractivity contribution in [3.63, 3.8) is 0 Å². The number of aromatic nitrogens is 2. The van der Waals surface area contributed by atoms with E-state index in [9.17, 15) is 8.42 Å². The lowest BCUT2D eigenvalue weighted by Gasteiger charge is -2.20. The molecule has 0 fully saturated rings. The first kappa shape index (κ1) is 15.5. The second-order valence-electron chi connectivity index (χ2n) is 4.68. The summed E-state index contributed by atoms with van der Waals surface area (Å²) >= 11 is 0. The number of imidazole rings is 1. The highest BCUT2D eigenvalue weighted by molar-refractivity contribution is 7.89. The lowest BCUT2D eigenvalue weighted by molar-refractivity contribution is 0.422. The van der Waals surface area contributed by atoms with E-state index in [4.69, 9.17) is 5.73 Å². The quantitative estimate of drug-likeness (QED) is 0.795. The van der Waals surface area contributed by atoms with Crippen LogP contribution in [0.2, 0.25) is 0 Å². The Morgan fingerprint density at radius 2 is 2.00 bits per heavy atom. The topological polar surface area (TPSA) is 92.1 Å². The largest absolute Gasteiger partial charge is 0.398 e. The van der Waals surface area contributed by atoms with E-state index in [-0.39, 0.29) is 11.6 Å². The Kier molecular flexibility index (Phi) is 4.64. The zero-order chi connectivity index (χ0) is 15.5. The minimum Gasteiger partial charge on any atom is -0.398 e. The van der Waals surface area contributed by atoms with Gasteiger partial charge >= 0.3 is 0 Å². The summed E-state index contributed by atoms with van der Waals surface area (Å²) in [6.45, 7) is 4.31. The summed E-state index contributed by atoms with van der Waals surface area (Å²) in [7, 11) is -3.60. The van der Waals surface area contributed by atoms with Gasteiger partial charge in [0.15, 0.2) is 5.03 Å². The molecule has 0 amide bonds. The van der Waals surface area contributed by atoms with Gasteiger partial charge in [-0.05, 0) is 11.6 Å². The number of para-hydroxylation sites is 1. The fraction of sp³-hybridized carbons (Fsp3) is 0.357. The summed E-state index contributed by atoms with van der Waals surface area (Å²) in [6.07, 6.45) is 2.03. The van der Waals surface area contributed by atoms with Crippen molar-refractivity contribution in [2.45, 2.75) is 31.8 Å². The summed E-state index contributed by atoms with van der Waals surface area (Å²) < 4.78 is 26.6. The van der Waals surface area contributed by atoms with Crippen molar-refractivity contribution < 1.29 is 8.42 Å². The van der Waals surface area contributed by atoms with Crippen molar-refractivity contribution in [2.24, 2.45) is 0 Å². The SMILES string of the molecule is CCc1ncc(S(=O)(=O)N(CC)Cc2ccccc2N)[nH]1. The normalized spacial score (nSPS) is 12.0. The van der Waals surface area contributed by atoms with Crippen LogP contribution in [0.3, 0.4) is 0 Å². The first-order chi connectivity index (χ1) is 9.98. The highest BCUT2D eigenvalue weighted by Crippen LogP contribution is 2.19. The maximum absolute atomic E-state index is 12.6. The zero-order valence-electron chi connectivity index (χ0n) is 12.2. The van der Waals surface area contributed by atoms with Crippen molar-refractivity contribution in [3.05, 3.63) is 41.9 Å². The van der Waals surface area contributed by atoms with Crippen molar-refractivity contribution in [3.8, 4) is 0 Å². The average molecular weight is 308 g/mol. The van der Waals surface area contributed by atoms with E-state index < -0.39 is 10.0 Å². The minimum atomic E-state index is -3.60. The second-order valence-corrected chi connectivity index (χ2v) is 6.58. The first-order valence-corrected chi connectivity index (χ1v) is 8.30. The molecule has 0 atom stereocenters. The van der Waals surface area contributed by atoms with Crippen LogP contribution in [0.5, 0.6) is 0 Å². The van der Waals surface area contributed by atoms with Gasteiger partial charge in [-0.25, -0.2) is 13.4 Å². The maximum Gasteiger partial charge on any atom is 0.260 e. The molecule has 2 aromatic rings. The Bertz CT molecular complexity index is 709. The van der Waals surface area contributed by atoms with Crippen LogP contribution in [0.1, 0.15) is 25.2 Å². The lowest BCUT2D eigenvalue weighted by atomic mass is 10.2. The number of benzene rings is 1. The van der Waals surface area contributed by atoms with E-state index >= 15 is 0 Å². The minimum absolute atomic E-state index is 0.121. The predicted octanol–water partition coefficient (Wildman–Crippen LogP) is 1.77. The molecule has 0 bridgehead atoms. The average Bonchev–Trinajstić information content (AvgIpc) is 2.96. The number of anilines is 1. The van der Waals surface area contributed by atoms with E-state index in [0.717, 1.165) is 5.56 Å². The van der Waals surface area contributed by atoms with Crippen molar-refractivity contribution in [2.75, 3.05) is 12.3 Å². The molecule has 1 aromatic heterocycles. The monoisotopic (exact) mass is 308 g/mol. The smallest absolute Gasteiger partial charge is 0.260 e. The van der Waals surface area contributed by atoms with Gasteiger partial charge in [0.25, 0.3) is 10.0 Å². The van der Waals surface area contributed by atoms with E-state index in [2.05, 4.69) is 9.97 Å². The molecule has 3 N–H and O–H groups in total. The molecule has 21 heavy (non-hydrogen) atoms. The first-order valence-electron chi connectivity index (χ1n) is 6.86. The molecule has 0 spiro atoms. The fourth-order valence-corrected chi connectivity index (χ4v) is 3.39. The molecule has 114 valence electrons. The summed E-state index contributed by atoms with van der Waals surface area (Å²) in [6, 6.07) is 7.27. The van der Waals surface area contributed by atoms with E-state index in [0.29, 0.717) is 24.5 Å². The molecule has 0 saturated heterocycles. The molecule has 0 aliphatic rings. The van der Waals surface area contributed by atoms with Gasteiger partial charge in [-0.1, -0.05) is 32.0 Å². The van der Waals surface area contributed by atoms with Crippen molar-refractivity contribution in [1.82, 2.24) is 14.3 Å². The molecular weight excluding hydrogens is 288 g/mol. The van der Waals surface area contributed by atoms with E-state index in [1.54, 1.807) is 13.0 Å². The molecule has 1 heterocycles. The number of nitrogens with two attached hydrogens (primary N) is 1. The molecule has 0 aliphatic carbocycles. The van der Waals surface area contributed by atoms with Crippen LogP contribution in [-0.4, -0.2) is 29.2 Å². The number of aromatic amines is 1. The standard InChI is InChI=1S/C14H20N4O2S/c1-3-13-16-9-14(17-13)21(19,20)18(4-2)10-11-7-5-6-8-12(11)15/h5-9H,3-4,10,15H2,1-2H3,(H,16,17). The van der Waals surface area contributed by atoms with Gasteiger partial charge in [0.1, 0.15) is 5.82 Å². The van der Waals surface area contributed by atoms with Crippen LogP contribution in [-0.2, 0) is 23.0 Å². The van der Waals surface area contributed by atoms with Crippen LogP contribution in [0.15, 0.2) is 35.5 Å². The number of nitrogen functional groups attached to an aromatic ring is 1. The Balaban J connectivity index is 2.30. The molecule has 7 heteroatoms. The number of H-pyrrole nitrogens is 1. The molecule has 1 aromatic carbocycles. The second kappa shape index (κ2) is 6.28. The summed E-state index contributed by atoms with van der Waals surface area (Å²) in [5, 5.41) is 0.121. The number of nitrogens with one attached hydrogen (secondary N) is 1. The zero-order valence-corrected chi connectivity index (χ0v) is 13.0. The Hall–Kier alpha value is -1.86. The van der Waals surface area contributed by atoms with Crippen molar-refractivity contribution in [1.29, 1.82) is 0 Å². The third kappa shape index (κ3) is 3.25. The van der Waals surface area contributed by atoms with Crippen LogP contribution in [0.25, 0.3) is 0 Å². The van der Waals surface area contributed by atoms with E-state index in [1.165, 1.54) is 10.5 Å². The van der Waals surface area contributed by atoms with Gasteiger partial charge in [0, 0.05) is 25.2 Å². The number of nitrogens with zero attached hydrogens (tertiary/aromatic N) is 2. The highest BCUT2D eigenvalue weighted by Gasteiger charge is 2.25. The van der Waals surface area contributed by atoms with Gasteiger partial charge in [-0.15, -0.1) is 0 Å². The van der Waals surface area contributed by atoms with Gasteiger partial charge < -0.3 is 10.7 Å². The maximum atomic E-state index is 12.6. The Morgan fingerprint density at radius 3 is 2.57 bits per heavy atom. The number of rotatable bonds is 6. The van der Waals surface area contributed by atoms with Crippen LogP contribution >= 0.6 is 0 Å². The van der Waals surface area contributed by atoms with Gasteiger partial charge in [-0.3, -0.25) is 0 Å². The molecular formula is C14H20N4O2S. The predicted molar refractivity (Wildman–Crippen MR) is 82.1 cm³/mol. The molecule has 0 radical (unpaired) electrons. The third-order valence-electron chi connectivity index (χ3n) is 3.31. The van der Waals surface area contributed by atoms with Gasteiger partial charge in [0.2, 0.25) is 0 Å². The Morgan fingerprint density at radius 1 is 1.29 bits per heavy atom. The van der Waals surface area contributed by atoms with Gasteiger partial charge in [0.05, 0.1) is 6.20 Å². The molecule has 0 unspecified atom stereocenters. The number of aryl methyl sites for hydroxylation is 1. The Labute approximate surface area is 125 Å². The number of sulfonamides is 1. The summed E-state index contributed by atoms with van der Waals surface area (Å²) in [5.74, 6) is 0.656. The van der Waals surface area contributed by atoms with Crippen LogP contribution in [0.4, 0.5) is 5.69 Å². The van der Waals surface area contributed by atoms with Crippen LogP contribution in [0, 0.1) is 0 Å². The number of hydrogen-bond donors (Lipinski definition) is 2. The lowest BCUT2D eigenvalue weighted by Crippen LogP contribution is -2.31. The van der Waals surface area contributed by atoms with Gasteiger partial charge in [-0.2, -0.15) is 4.31 Å². The fourth-order valence-electron chi connectivity index (χ4n) is 2.03. The van der Waals surface area contributed by atoms with Crippen molar-refractivity contribution >= 4 is 15.7 Å². The highest BCUT2D eigenvalue weighted by atomic mass is 32.2. The molecule has 2 rings (SSSR count). The summed E-state index contributed by atoms with van der Waals surface area (Å²) in [5.41, 5.74) is 7.27. The summed E-state index contributed by atoms with van der Waals surface area (Å²) in [4.78, 5) is 6.90.